The average molecular weight is 508 g/mol. The third-order valence-corrected chi connectivity index (χ3v) is 9.54. The van der Waals surface area contributed by atoms with Crippen molar-refractivity contribution in [2.24, 2.45) is 4.99 Å². The van der Waals surface area contributed by atoms with Gasteiger partial charge >= 0.3 is 0 Å². The quantitative estimate of drug-likeness (QED) is 0.155. The summed E-state index contributed by atoms with van der Waals surface area (Å²) in [5.41, 5.74) is 8.39. The molecule has 0 spiro atoms. The Kier molecular flexibility index (Phi) is 8.95. The second-order valence-corrected chi connectivity index (χ2v) is 11.4. The second-order valence-electron chi connectivity index (χ2n) is 9.72. The van der Waals surface area contributed by atoms with E-state index >= 15 is 0 Å². The SMILES string of the molecule is CCC(CC)(Pc1c(C)cccc1C(C)=Nc1ccccc1)c1cc(C)ccc1OCc1ccccc1. The molecule has 0 fully saturated rings. The van der Waals surface area contributed by atoms with Crippen molar-refractivity contribution in [2.75, 3.05) is 0 Å². The molecule has 0 amide bonds. The van der Waals surface area contributed by atoms with Crippen LogP contribution in [0.15, 0.2) is 102 Å². The van der Waals surface area contributed by atoms with E-state index in [1.54, 1.807) is 0 Å². The Morgan fingerprint density at radius 1 is 0.811 bits per heavy atom. The minimum atomic E-state index is -0.0219. The third kappa shape index (κ3) is 6.38. The van der Waals surface area contributed by atoms with E-state index < -0.39 is 0 Å². The number of para-hydroxylation sites is 1. The summed E-state index contributed by atoms with van der Waals surface area (Å²) in [6.07, 6.45) is 2.07. The Morgan fingerprint density at radius 3 is 2.16 bits per heavy atom. The molecule has 0 saturated heterocycles. The zero-order valence-electron chi connectivity index (χ0n) is 22.7. The molecule has 3 heteroatoms. The summed E-state index contributed by atoms with van der Waals surface area (Å²) in [5.74, 6) is 0.996. The highest BCUT2D eigenvalue weighted by Gasteiger charge is 2.33. The van der Waals surface area contributed by atoms with Crippen molar-refractivity contribution >= 4 is 25.3 Å². The minimum Gasteiger partial charge on any atom is -0.489 e. The van der Waals surface area contributed by atoms with Gasteiger partial charge in [-0.25, -0.2) is 0 Å². The summed E-state index contributed by atoms with van der Waals surface area (Å²) in [6.45, 7) is 11.8. The lowest BCUT2D eigenvalue weighted by atomic mass is 9.90. The number of rotatable bonds is 10. The molecule has 2 nitrogen and oxygen atoms in total. The van der Waals surface area contributed by atoms with E-state index in [0.717, 1.165) is 30.0 Å². The van der Waals surface area contributed by atoms with Crippen LogP contribution in [0.3, 0.4) is 0 Å². The summed E-state index contributed by atoms with van der Waals surface area (Å²) >= 11 is 0. The molecule has 4 rings (SSSR count). The molecule has 0 saturated carbocycles. The van der Waals surface area contributed by atoms with Crippen LogP contribution in [-0.4, -0.2) is 5.71 Å². The molecule has 1 atom stereocenters. The molecule has 0 bridgehead atoms. The lowest BCUT2D eigenvalue weighted by Gasteiger charge is -2.35. The molecule has 0 aromatic heterocycles. The molecule has 0 aliphatic heterocycles. The van der Waals surface area contributed by atoms with Crippen LogP contribution in [0.25, 0.3) is 0 Å². The number of aliphatic imine (C=N–C) groups is 1. The first-order valence-electron chi connectivity index (χ1n) is 13.2. The van der Waals surface area contributed by atoms with Gasteiger partial charge in [0, 0.05) is 22.0 Å². The van der Waals surface area contributed by atoms with E-state index in [-0.39, 0.29) is 5.16 Å². The van der Waals surface area contributed by atoms with Gasteiger partial charge in [-0.05, 0) is 68.2 Å². The van der Waals surface area contributed by atoms with Crippen LogP contribution in [0, 0.1) is 13.8 Å². The van der Waals surface area contributed by atoms with Gasteiger partial charge in [-0.2, -0.15) is 0 Å². The second kappa shape index (κ2) is 12.3. The van der Waals surface area contributed by atoms with Crippen LogP contribution in [0.2, 0.25) is 0 Å². The van der Waals surface area contributed by atoms with Crippen molar-refractivity contribution in [1.29, 1.82) is 0 Å². The van der Waals surface area contributed by atoms with Gasteiger partial charge in [0.25, 0.3) is 0 Å². The topological polar surface area (TPSA) is 21.6 Å². The maximum absolute atomic E-state index is 6.49. The largest absolute Gasteiger partial charge is 0.489 e. The zero-order valence-corrected chi connectivity index (χ0v) is 23.7. The molecular formula is C34H38NOP. The summed E-state index contributed by atoms with van der Waals surface area (Å²) in [5, 5.41) is 1.38. The first-order chi connectivity index (χ1) is 18.0. The maximum atomic E-state index is 6.49. The van der Waals surface area contributed by atoms with E-state index in [9.17, 15) is 0 Å². The first kappa shape index (κ1) is 26.8. The van der Waals surface area contributed by atoms with E-state index in [4.69, 9.17) is 9.73 Å². The number of ether oxygens (including phenoxy) is 1. The van der Waals surface area contributed by atoms with E-state index in [0.29, 0.717) is 15.2 Å². The highest BCUT2D eigenvalue weighted by molar-refractivity contribution is 7.49. The van der Waals surface area contributed by atoms with Crippen molar-refractivity contribution in [3.8, 4) is 5.75 Å². The van der Waals surface area contributed by atoms with E-state index in [2.05, 4.69) is 107 Å². The lowest BCUT2D eigenvalue weighted by molar-refractivity contribution is 0.298. The predicted molar refractivity (Wildman–Crippen MR) is 162 cm³/mol. The van der Waals surface area contributed by atoms with Gasteiger partial charge in [-0.1, -0.05) is 107 Å². The standard InChI is InChI=1S/C34H38NOP/c1-6-34(7-2,31-23-25(3)21-22-32(31)36-24-28-16-10-8-11-17-28)37-33-26(4)15-14-20-30(33)27(5)35-29-18-12-9-13-19-29/h8-23,37H,6-7,24H2,1-5H3. The third-order valence-electron chi connectivity index (χ3n) is 7.17. The lowest BCUT2D eigenvalue weighted by Crippen LogP contribution is -2.26. The van der Waals surface area contributed by atoms with Crippen molar-refractivity contribution in [3.05, 3.63) is 125 Å². The summed E-state index contributed by atoms with van der Waals surface area (Å²) in [6, 6.07) is 34.0. The highest BCUT2D eigenvalue weighted by atomic mass is 31.1. The Bertz CT molecular complexity index is 1340. The van der Waals surface area contributed by atoms with Gasteiger partial charge in [0.05, 0.1) is 5.69 Å². The highest BCUT2D eigenvalue weighted by Crippen LogP contribution is 2.51. The monoisotopic (exact) mass is 507 g/mol. The van der Waals surface area contributed by atoms with Gasteiger partial charge in [0.1, 0.15) is 12.4 Å². The van der Waals surface area contributed by atoms with Crippen LogP contribution < -0.4 is 10.0 Å². The first-order valence-corrected chi connectivity index (χ1v) is 14.2. The number of aryl methyl sites for hydroxylation is 2. The summed E-state index contributed by atoms with van der Waals surface area (Å²) in [4.78, 5) is 4.98. The number of hydrogen-bond acceptors (Lipinski definition) is 2. The van der Waals surface area contributed by atoms with Crippen LogP contribution in [0.5, 0.6) is 5.75 Å². The van der Waals surface area contributed by atoms with Crippen molar-refractivity contribution in [3.63, 3.8) is 0 Å². The average Bonchev–Trinajstić information content (AvgIpc) is 2.93. The summed E-state index contributed by atoms with van der Waals surface area (Å²) in [7, 11) is 0.597. The Morgan fingerprint density at radius 2 is 1.49 bits per heavy atom. The predicted octanol–water partition coefficient (Wildman–Crippen LogP) is 9.04. The van der Waals surface area contributed by atoms with E-state index in [1.165, 1.54) is 33.1 Å². The van der Waals surface area contributed by atoms with Crippen molar-refractivity contribution in [2.45, 2.75) is 59.2 Å². The Balaban J connectivity index is 1.75. The van der Waals surface area contributed by atoms with Crippen LogP contribution in [0.1, 0.15) is 61.4 Å². The fourth-order valence-corrected chi connectivity index (χ4v) is 6.73. The minimum absolute atomic E-state index is 0.0219. The molecule has 0 heterocycles. The van der Waals surface area contributed by atoms with E-state index in [1.807, 2.05) is 24.3 Å². The van der Waals surface area contributed by atoms with Gasteiger partial charge in [0.2, 0.25) is 0 Å². The molecule has 0 aliphatic carbocycles. The zero-order chi connectivity index (χ0) is 26.3. The number of benzene rings is 4. The molecular weight excluding hydrogens is 469 g/mol. The number of hydrogen-bond donors (Lipinski definition) is 0. The van der Waals surface area contributed by atoms with Gasteiger partial charge < -0.3 is 4.74 Å². The van der Waals surface area contributed by atoms with Crippen LogP contribution in [0.4, 0.5) is 5.69 Å². The molecule has 190 valence electrons. The molecule has 0 N–H and O–H groups in total. The Hall–Kier alpha value is -3.22. The van der Waals surface area contributed by atoms with Gasteiger partial charge in [-0.3, -0.25) is 4.99 Å². The normalized spacial score (nSPS) is 12.3. The van der Waals surface area contributed by atoms with Gasteiger partial charge in [0.15, 0.2) is 0 Å². The fourth-order valence-electron chi connectivity index (χ4n) is 4.88. The molecule has 4 aromatic carbocycles. The smallest absolute Gasteiger partial charge is 0.123 e. The Labute approximate surface area is 224 Å². The molecule has 0 radical (unpaired) electrons. The maximum Gasteiger partial charge on any atom is 0.123 e. The van der Waals surface area contributed by atoms with Crippen molar-refractivity contribution in [1.82, 2.24) is 0 Å². The molecule has 4 aromatic rings. The fraction of sp³-hybridized carbons (Fsp3) is 0.265. The van der Waals surface area contributed by atoms with Crippen LogP contribution in [-0.2, 0) is 11.8 Å². The number of nitrogens with zero attached hydrogens (tertiary/aromatic N) is 1. The summed E-state index contributed by atoms with van der Waals surface area (Å²) < 4.78 is 6.49. The molecule has 0 aliphatic rings. The van der Waals surface area contributed by atoms with Crippen molar-refractivity contribution < 1.29 is 4.74 Å². The molecule has 37 heavy (non-hydrogen) atoms. The molecule has 1 unspecified atom stereocenters. The van der Waals surface area contributed by atoms with Crippen LogP contribution >= 0.6 is 8.58 Å². The van der Waals surface area contributed by atoms with Gasteiger partial charge in [-0.15, -0.1) is 0 Å².